The van der Waals surface area contributed by atoms with Gasteiger partial charge in [-0.3, -0.25) is 4.79 Å². The molecule has 1 spiro atoms. The lowest BCUT2D eigenvalue weighted by molar-refractivity contribution is -0.144. The second-order valence-corrected chi connectivity index (χ2v) is 7.60. The number of carbonyl (C=O) groups is 1. The molecule has 4 aliphatic rings. The van der Waals surface area contributed by atoms with Crippen LogP contribution in [0.15, 0.2) is 0 Å². The average molecular weight is 308 g/mol. The number of amides is 1. The van der Waals surface area contributed by atoms with Gasteiger partial charge in [-0.25, -0.2) is 0 Å². The Balaban J connectivity index is 1.49. The molecular formula is C17H28N2O3. The average Bonchev–Trinajstić information content (AvgIpc) is 3.31. The molecular weight excluding hydrogens is 280 g/mol. The quantitative estimate of drug-likeness (QED) is 0.779. The molecule has 0 bridgehead atoms. The van der Waals surface area contributed by atoms with Crippen molar-refractivity contribution < 1.29 is 14.3 Å². The van der Waals surface area contributed by atoms with Crippen molar-refractivity contribution in [3.63, 3.8) is 0 Å². The van der Waals surface area contributed by atoms with E-state index in [1.54, 1.807) is 0 Å². The van der Waals surface area contributed by atoms with E-state index in [-0.39, 0.29) is 11.3 Å². The predicted molar refractivity (Wildman–Crippen MR) is 82.5 cm³/mol. The first-order chi connectivity index (χ1) is 10.8. The predicted octanol–water partition coefficient (Wildman–Crippen LogP) is 0.984. The standard InChI is InChI=1S/C17H28N2O3/c20-16(19-5-9-22-10-6-19)15-12-18(11-14-1-2-14)13-17(15)3-7-21-8-4-17/h14-15H,1-13H2. The van der Waals surface area contributed by atoms with Gasteiger partial charge in [0.25, 0.3) is 0 Å². The maximum atomic E-state index is 13.1. The summed E-state index contributed by atoms with van der Waals surface area (Å²) in [6, 6.07) is 0. The van der Waals surface area contributed by atoms with Gasteiger partial charge >= 0.3 is 0 Å². The lowest BCUT2D eigenvalue weighted by Crippen LogP contribution is -2.49. The molecule has 3 saturated heterocycles. The van der Waals surface area contributed by atoms with Gasteiger partial charge in [-0.1, -0.05) is 0 Å². The number of nitrogens with zero attached hydrogens (tertiary/aromatic N) is 2. The number of rotatable bonds is 3. The summed E-state index contributed by atoms with van der Waals surface area (Å²) in [4.78, 5) is 17.7. The van der Waals surface area contributed by atoms with E-state index in [1.807, 2.05) is 4.90 Å². The Kier molecular flexibility index (Phi) is 4.13. The molecule has 1 saturated carbocycles. The lowest BCUT2D eigenvalue weighted by Gasteiger charge is -2.40. The van der Waals surface area contributed by atoms with Gasteiger partial charge in [0.15, 0.2) is 0 Å². The van der Waals surface area contributed by atoms with Gasteiger partial charge in [0, 0.05) is 51.4 Å². The maximum absolute atomic E-state index is 13.1. The van der Waals surface area contributed by atoms with Crippen molar-refractivity contribution in [2.24, 2.45) is 17.3 Å². The Morgan fingerprint density at radius 2 is 1.73 bits per heavy atom. The molecule has 1 amide bonds. The smallest absolute Gasteiger partial charge is 0.227 e. The molecule has 1 unspecified atom stereocenters. The zero-order chi connectivity index (χ0) is 15.0. The molecule has 0 aromatic carbocycles. The Hall–Kier alpha value is -0.650. The second kappa shape index (κ2) is 6.10. The summed E-state index contributed by atoms with van der Waals surface area (Å²) in [5, 5.41) is 0. The summed E-state index contributed by atoms with van der Waals surface area (Å²) in [5.74, 6) is 1.45. The Bertz CT molecular complexity index is 412. The van der Waals surface area contributed by atoms with Crippen LogP contribution in [0.2, 0.25) is 0 Å². The van der Waals surface area contributed by atoms with Crippen LogP contribution < -0.4 is 0 Å². The van der Waals surface area contributed by atoms with Crippen LogP contribution in [0.3, 0.4) is 0 Å². The molecule has 1 atom stereocenters. The van der Waals surface area contributed by atoms with E-state index in [0.29, 0.717) is 19.1 Å². The fraction of sp³-hybridized carbons (Fsp3) is 0.941. The number of carbonyl (C=O) groups excluding carboxylic acids is 1. The lowest BCUT2D eigenvalue weighted by atomic mass is 9.71. The molecule has 22 heavy (non-hydrogen) atoms. The van der Waals surface area contributed by atoms with E-state index in [0.717, 1.165) is 58.2 Å². The van der Waals surface area contributed by atoms with E-state index in [1.165, 1.54) is 19.4 Å². The van der Waals surface area contributed by atoms with E-state index in [4.69, 9.17) is 9.47 Å². The number of likely N-dealkylation sites (tertiary alicyclic amines) is 1. The van der Waals surface area contributed by atoms with Crippen LogP contribution in [0.4, 0.5) is 0 Å². The summed E-state index contributed by atoms with van der Waals surface area (Å²) in [5.41, 5.74) is 0.169. The Morgan fingerprint density at radius 3 is 2.41 bits per heavy atom. The molecule has 1 aliphatic carbocycles. The molecule has 5 nitrogen and oxygen atoms in total. The highest BCUT2D eigenvalue weighted by Crippen LogP contribution is 2.46. The van der Waals surface area contributed by atoms with E-state index >= 15 is 0 Å². The molecule has 0 aromatic heterocycles. The van der Waals surface area contributed by atoms with Crippen LogP contribution in [-0.2, 0) is 14.3 Å². The highest BCUT2D eigenvalue weighted by molar-refractivity contribution is 5.80. The Labute approximate surface area is 132 Å². The summed E-state index contributed by atoms with van der Waals surface area (Å²) in [6.07, 6.45) is 4.87. The second-order valence-electron chi connectivity index (χ2n) is 7.60. The number of ether oxygens (including phenoxy) is 2. The Morgan fingerprint density at radius 1 is 1.05 bits per heavy atom. The van der Waals surface area contributed by atoms with Gasteiger partial charge in [0.1, 0.15) is 0 Å². The van der Waals surface area contributed by atoms with Crippen LogP contribution in [-0.4, -0.2) is 74.9 Å². The van der Waals surface area contributed by atoms with Gasteiger partial charge in [0.05, 0.1) is 19.1 Å². The van der Waals surface area contributed by atoms with Crippen molar-refractivity contribution in [3.05, 3.63) is 0 Å². The molecule has 0 N–H and O–H groups in total. The third-order valence-electron chi connectivity index (χ3n) is 6.04. The van der Waals surface area contributed by atoms with Crippen LogP contribution >= 0.6 is 0 Å². The zero-order valence-corrected chi connectivity index (χ0v) is 13.5. The maximum Gasteiger partial charge on any atom is 0.227 e. The van der Waals surface area contributed by atoms with Gasteiger partial charge in [0.2, 0.25) is 5.91 Å². The van der Waals surface area contributed by atoms with Crippen molar-refractivity contribution in [1.29, 1.82) is 0 Å². The monoisotopic (exact) mass is 308 g/mol. The highest BCUT2D eigenvalue weighted by Gasteiger charge is 2.52. The minimum Gasteiger partial charge on any atom is -0.381 e. The van der Waals surface area contributed by atoms with Gasteiger partial charge in [-0.15, -0.1) is 0 Å². The first kappa shape index (κ1) is 14.9. The molecule has 4 fully saturated rings. The van der Waals surface area contributed by atoms with E-state index in [2.05, 4.69) is 4.90 Å². The number of hydrogen-bond donors (Lipinski definition) is 0. The molecule has 0 aromatic rings. The van der Waals surface area contributed by atoms with Crippen molar-refractivity contribution in [2.75, 3.05) is 59.2 Å². The van der Waals surface area contributed by atoms with Gasteiger partial charge < -0.3 is 19.3 Å². The van der Waals surface area contributed by atoms with Crippen LogP contribution in [0, 0.1) is 17.3 Å². The molecule has 3 heterocycles. The zero-order valence-electron chi connectivity index (χ0n) is 13.5. The third kappa shape index (κ3) is 2.91. The fourth-order valence-corrected chi connectivity index (χ4v) is 4.51. The molecule has 124 valence electrons. The summed E-state index contributed by atoms with van der Waals surface area (Å²) in [7, 11) is 0. The van der Waals surface area contributed by atoms with Crippen LogP contribution in [0.5, 0.6) is 0 Å². The minimum absolute atomic E-state index is 0.169. The third-order valence-corrected chi connectivity index (χ3v) is 6.04. The molecule has 3 aliphatic heterocycles. The summed E-state index contributed by atoms with van der Waals surface area (Å²) >= 11 is 0. The highest BCUT2D eigenvalue weighted by atomic mass is 16.5. The normalized spacial score (nSPS) is 32.5. The first-order valence-electron chi connectivity index (χ1n) is 8.93. The molecule has 4 rings (SSSR count). The van der Waals surface area contributed by atoms with Crippen LogP contribution in [0.1, 0.15) is 25.7 Å². The number of hydrogen-bond acceptors (Lipinski definition) is 4. The van der Waals surface area contributed by atoms with E-state index in [9.17, 15) is 4.79 Å². The van der Waals surface area contributed by atoms with Crippen molar-refractivity contribution in [1.82, 2.24) is 9.80 Å². The van der Waals surface area contributed by atoms with Crippen molar-refractivity contribution in [2.45, 2.75) is 25.7 Å². The topological polar surface area (TPSA) is 42.0 Å². The minimum atomic E-state index is 0.169. The van der Waals surface area contributed by atoms with Crippen molar-refractivity contribution >= 4 is 5.91 Å². The first-order valence-corrected chi connectivity index (χ1v) is 8.93. The molecule has 0 radical (unpaired) electrons. The van der Waals surface area contributed by atoms with Crippen molar-refractivity contribution in [3.8, 4) is 0 Å². The molecule has 5 heteroatoms. The fourth-order valence-electron chi connectivity index (χ4n) is 4.51. The SMILES string of the molecule is O=C(C1CN(CC2CC2)CC12CCOCC2)N1CCOCC1. The summed E-state index contributed by atoms with van der Waals surface area (Å²) < 4.78 is 11.0. The van der Waals surface area contributed by atoms with E-state index < -0.39 is 0 Å². The van der Waals surface area contributed by atoms with Crippen LogP contribution in [0.25, 0.3) is 0 Å². The largest absolute Gasteiger partial charge is 0.381 e. The number of morpholine rings is 1. The van der Waals surface area contributed by atoms with Gasteiger partial charge in [-0.05, 0) is 31.6 Å². The summed E-state index contributed by atoms with van der Waals surface area (Å²) in [6.45, 7) is 7.85. The van der Waals surface area contributed by atoms with Gasteiger partial charge in [-0.2, -0.15) is 0 Å².